The Balaban J connectivity index is 1.75. The summed E-state index contributed by atoms with van der Waals surface area (Å²) < 4.78 is 0. The summed E-state index contributed by atoms with van der Waals surface area (Å²) in [5.41, 5.74) is 0.103. The zero-order valence-electron chi connectivity index (χ0n) is 14.3. The summed E-state index contributed by atoms with van der Waals surface area (Å²) in [7, 11) is 2.04. The third-order valence-corrected chi connectivity index (χ3v) is 5.67. The van der Waals surface area contributed by atoms with Crippen LogP contribution in [-0.4, -0.2) is 59.6 Å². The van der Waals surface area contributed by atoms with Crippen LogP contribution in [0.4, 0.5) is 0 Å². The Kier molecular flexibility index (Phi) is 4.47. The molecule has 4 nitrogen and oxygen atoms in total. The van der Waals surface area contributed by atoms with Crippen LogP contribution < -0.4 is 0 Å². The van der Waals surface area contributed by atoms with Gasteiger partial charge in [-0.2, -0.15) is 0 Å². The predicted octanol–water partition coefficient (Wildman–Crippen LogP) is 2.02. The van der Waals surface area contributed by atoms with Gasteiger partial charge in [0.05, 0.1) is 0 Å². The van der Waals surface area contributed by atoms with E-state index in [1.165, 1.54) is 5.56 Å². The lowest BCUT2D eigenvalue weighted by Gasteiger charge is -2.45. The van der Waals surface area contributed by atoms with E-state index in [0.717, 1.165) is 32.5 Å². The molecule has 1 aromatic rings. The van der Waals surface area contributed by atoms with Crippen molar-refractivity contribution in [2.24, 2.45) is 0 Å². The van der Waals surface area contributed by atoms with Crippen LogP contribution in [0.3, 0.4) is 0 Å². The Hall–Kier alpha value is -1.39. The average molecular weight is 316 g/mol. The molecule has 4 heteroatoms. The Morgan fingerprint density at radius 1 is 1.09 bits per heavy atom. The molecule has 1 aromatic carbocycles. The Labute approximate surface area is 139 Å². The van der Waals surface area contributed by atoms with Gasteiger partial charge < -0.3 is 14.9 Å². The summed E-state index contributed by atoms with van der Waals surface area (Å²) in [6.07, 6.45) is 3.16. The number of rotatable bonds is 2. The van der Waals surface area contributed by atoms with Crippen LogP contribution in [0, 0.1) is 0 Å². The molecule has 0 aliphatic carbocycles. The van der Waals surface area contributed by atoms with E-state index < -0.39 is 5.60 Å². The van der Waals surface area contributed by atoms with E-state index in [4.69, 9.17) is 0 Å². The van der Waals surface area contributed by atoms with Crippen LogP contribution >= 0.6 is 0 Å². The van der Waals surface area contributed by atoms with E-state index in [-0.39, 0.29) is 11.3 Å². The molecule has 23 heavy (non-hydrogen) atoms. The lowest BCUT2D eigenvalue weighted by molar-refractivity contribution is -0.158. The summed E-state index contributed by atoms with van der Waals surface area (Å²) in [5, 5.41) is 10.8. The van der Waals surface area contributed by atoms with E-state index in [9.17, 15) is 9.90 Å². The molecule has 1 amide bonds. The fourth-order valence-corrected chi connectivity index (χ4v) is 3.99. The molecular formula is C19H28N2O2. The fraction of sp³-hybridized carbons (Fsp3) is 0.632. The average Bonchev–Trinajstić information content (AvgIpc) is 2.58. The first-order valence-electron chi connectivity index (χ1n) is 8.69. The van der Waals surface area contributed by atoms with E-state index in [0.29, 0.717) is 19.4 Å². The highest BCUT2D eigenvalue weighted by molar-refractivity contribution is 5.85. The Bertz CT molecular complexity index is 552. The van der Waals surface area contributed by atoms with Crippen molar-refractivity contribution >= 4 is 5.91 Å². The molecule has 2 fully saturated rings. The zero-order chi connectivity index (χ0) is 16.5. The number of hydrogen-bond acceptors (Lipinski definition) is 3. The molecule has 1 atom stereocenters. The second-order valence-corrected chi connectivity index (χ2v) is 7.59. The summed E-state index contributed by atoms with van der Waals surface area (Å²) >= 11 is 0. The second-order valence-electron chi connectivity index (χ2n) is 7.59. The molecular weight excluding hydrogens is 288 g/mol. The maximum Gasteiger partial charge on any atom is 0.254 e. The second kappa shape index (κ2) is 6.25. The smallest absolute Gasteiger partial charge is 0.254 e. The Morgan fingerprint density at radius 3 is 2.39 bits per heavy atom. The van der Waals surface area contributed by atoms with Crippen LogP contribution in [0.25, 0.3) is 0 Å². The van der Waals surface area contributed by atoms with Crippen molar-refractivity contribution in [2.45, 2.75) is 43.6 Å². The third-order valence-electron chi connectivity index (χ3n) is 5.67. The minimum atomic E-state index is -1.17. The maximum absolute atomic E-state index is 13.0. The number of carbonyl (C=O) groups is 1. The predicted molar refractivity (Wildman–Crippen MR) is 91.3 cm³/mol. The largest absolute Gasteiger partial charge is 0.380 e. The number of amides is 1. The van der Waals surface area contributed by atoms with Crippen LogP contribution in [0.15, 0.2) is 30.3 Å². The van der Waals surface area contributed by atoms with Crippen molar-refractivity contribution in [3.05, 3.63) is 35.9 Å². The van der Waals surface area contributed by atoms with Crippen molar-refractivity contribution in [3.63, 3.8) is 0 Å². The first kappa shape index (κ1) is 16.5. The minimum Gasteiger partial charge on any atom is -0.380 e. The highest BCUT2D eigenvalue weighted by Gasteiger charge is 2.44. The van der Waals surface area contributed by atoms with E-state index in [1.54, 1.807) is 0 Å². The first-order valence-corrected chi connectivity index (χ1v) is 8.69. The molecule has 2 heterocycles. The summed E-state index contributed by atoms with van der Waals surface area (Å²) in [4.78, 5) is 17.0. The molecule has 126 valence electrons. The van der Waals surface area contributed by atoms with E-state index in [2.05, 4.69) is 36.1 Å². The van der Waals surface area contributed by atoms with Gasteiger partial charge in [-0.25, -0.2) is 0 Å². The van der Waals surface area contributed by atoms with Crippen LogP contribution in [0.1, 0.15) is 38.2 Å². The number of likely N-dealkylation sites (tertiary alicyclic amines) is 2. The quantitative estimate of drug-likeness (QED) is 0.908. The van der Waals surface area contributed by atoms with Gasteiger partial charge in [0.2, 0.25) is 0 Å². The number of hydrogen-bond donors (Lipinski definition) is 1. The number of nitrogens with zero attached hydrogens (tertiary/aromatic N) is 2. The SMILES string of the molecule is CN1CCC(O)(C(=O)N2CCCC(C)(c3ccccc3)C2)CC1. The lowest BCUT2D eigenvalue weighted by Crippen LogP contribution is -2.58. The van der Waals surface area contributed by atoms with Gasteiger partial charge in [0.1, 0.15) is 5.60 Å². The molecule has 2 aliphatic heterocycles. The fourth-order valence-electron chi connectivity index (χ4n) is 3.99. The van der Waals surface area contributed by atoms with Gasteiger partial charge in [-0.15, -0.1) is 0 Å². The molecule has 3 rings (SSSR count). The molecule has 2 saturated heterocycles. The monoisotopic (exact) mass is 316 g/mol. The molecule has 0 spiro atoms. The van der Waals surface area contributed by atoms with Crippen molar-refractivity contribution < 1.29 is 9.90 Å². The van der Waals surface area contributed by atoms with Crippen molar-refractivity contribution in [1.29, 1.82) is 0 Å². The highest BCUT2D eigenvalue weighted by atomic mass is 16.3. The first-order chi connectivity index (χ1) is 10.9. The van der Waals surface area contributed by atoms with Gasteiger partial charge in [0.15, 0.2) is 0 Å². The van der Waals surface area contributed by atoms with Gasteiger partial charge >= 0.3 is 0 Å². The van der Waals surface area contributed by atoms with Crippen molar-refractivity contribution in [1.82, 2.24) is 9.80 Å². The molecule has 0 bridgehead atoms. The molecule has 0 saturated carbocycles. The van der Waals surface area contributed by atoms with Gasteiger partial charge in [-0.05, 0) is 38.3 Å². The van der Waals surface area contributed by atoms with Gasteiger partial charge in [-0.1, -0.05) is 37.3 Å². The molecule has 0 aromatic heterocycles. The van der Waals surface area contributed by atoms with Crippen LogP contribution in [0.5, 0.6) is 0 Å². The van der Waals surface area contributed by atoms with E-state index >= 15 is 0 Å². The molecule has 1 N–H and O–H groups in total. The standard InChI is InChI=1S/C19H28N2O2/c1-18(16-7-4-3-5-8-16)9-6-12-21(15-18)17(22)19(23)10-13-20(2)14-11-19/h3-5,7-8,23H,6,9-15H2,1-2H3. The number of carbonyl (C=O) groups excluding carboxylic acids is 1. The number of aliphatic hydroxyl groups is 1. The maximum atomic E-state index is 13.0. The highest BCUT2D eigenvalue weighted by Crippen LogP contribution is 2.35. The summed E-state index contributed by atoms with van der Waals surface area (Å²) in [5.74, 6) is -0.0625. The normalized spacial score (nSPS) is 28.6. The van der Waals surface area contributed by atoms with Gasteiger partial charge in [-0.3, -0.25) is 4.79 Å². The summed E-state index contributed by atoms with van der Waals surface area (Å²) in [6, 6.07) is 10.5. The third kappa shape index (κ3) is 3.29. The minimum absolute atomic E-state index is 0.0169. The Morgan fingerprint density at radius 2 is 1.74 bits per heavy atom. The molecule has 0 radical (unpaired) electrons. The zero-order valence-corrected chi connectivity index (χ0v) is 14.3. The van der Waals surface area contributed by atoms with E-state index in [1.807, 2.05) is 18.0 Å². The number of benzene rings is 1. The van der Waals surface area contributed by atoms with Crippen molar-refractivity contribution in [3.8, 4) is 0 Å². The molecule has 2 aliphatic rings. The lowest BCUT2D eigenvalue weighted by atomic mass is 9.75. The molecule has 1 unspecified atom stereocenters. The van der Waals surface area contributed by atoms with Crippen LogP contribution in [0.2, 0.25) is 0 Å². The number of piperidine rings is 2. The summed E-state index contributed by atoms with van der Waals surface area (Å²) in [6.45, 7) is 5.27. The topological polar surface area (TPSA) is 43.8 Å². The van der Waals surface area contributed by atoms with Gasteiger partial charge in [0, 0.05) is 31.6 Å². The van der Waals surface area contributed by atoms with Gasteiger partial charge in [0.25, 0.3) is 5.91 Å². The van der Waals surface area contributed by atoms with Crippen molar-refractivity contribution in [2.75, 3.05) is 33.2 Å². The van der Waals surface area contributed by atoms with Crippen LogP contribution in [-0.2, 0) is 10.2 Å².